The number of benzene rings is 1. The highest BCUT2D eigenvalue weighted by Gasteiger charge is 2.20. The van der Waals surface area contributed by atoms with E-state index in [4.69, 9.17) is 5.26 Å². The first-order valence-electron chi connectivity index (χ1n) is 3.86. The van der Waals surface area contributed by atoms with Crippen LogP contribution in [0.3, 0.4) is 0 Å². The standard InChI is InChI=1S/C9H5BrN2O3/c1-5(13)6-2-7(4-11)9(12(14)15)8(10)3-6/h2-3H,1H3. The predicted octanol–water partition coefficient (Wildman–Crippen LogP) is 2.43. The third-order valence-corrected chi connectivity index (χ3v) is 2.38. The lowest BCUT2D eigenvalue weighted by Gasteiger charge is -2.00. The van der Waals surface area contributed by atoms with Crippen molar-refractivity contribution in [2.24, 2.45) is 0 Å². The second kappa shape index (κ2) is 4.19. The number of hydrogen-bond donors (Lipinski definition) is 0. The zero-order valence-electron chi connectivity index (χ0n) is 7.65. The van der Waals surface area contributed by atoms with Crippen LogP contribution in [-0.2, 0) is 0 Å². The maximum Gasteiger partial charge on any atom is 0.301 e. The topological polar surface area (TPSA) is 84.0 Å². The van der Waals surface area contributed by atoms with E-state index in [0.29, 0.717) is 0 Å². The van der Waals surface area contributed by atoms with E-state index in [2.05, 4.69) is 15.9 Å². The van der Waals surface area contributed by atoms with Crippen LogP contribution in [0.2, 0.25) is 0 Å². The molecule has 0 amide bonds. The van der Waals surface area contributed by atoms with Gasteiger partial charge < -0.3 is 0 Å². The average Bonchev–Trinajstić information content (AvgIpc) is 2.15. The molecule has 0 radical (unpaired) electrons. The highest BCUT2D eigenvalue weighted by atomic mass is 79.9. The van der Waals surface area contributed by atoms with Crippen LogP contribution >= 0.6 is 15.9 Å². The van der Waals surface area contributed by atoms with Gasteiger partial charge in [-0.2, -0.15) is 5.26 Å². The van der Waals surface area contributed by atoms with E-state index in [9.17, 15) is 14.9 Å². The van der Waals surface area contributed by atoms with Crippen LogP contribution in [0.1, 0.15) is 22.8 Å². The van der Waals surface area contributed by atoms with E-state index < -0.39 is 4.92 Å². The molecule has 0 bridgehead atoms. The average molecular weight is 269 g/mol. The van der Waals surface area contributed by atoms with Gasteiger partial charge in [0.2, 0.25) is 0 Å². The van der Waals surface area contributed by atoms with Crippen LogP contribution in [0.5, 0.6) is 0 Å². The summed E-state index contributed by atoms with van der Waals surface area (Å²) in [6.45, 7) is 1.33. The van der Waals surface area contributed by atoms with Crippen molar-refractivity contribution in [1.82, 2.24) is 0 Å². The molecular formula is C9H5BrN2O3. The SMILES string of the molecule is CC(=O)c1cc(Br)c([N+](=O)[O-])c(C#N)c1. The largest absolute Gasteiger partial charge is 0.301 e. The predicted molar refractivity (Wildman–Crippen MR) is 55.5 cm³/mol. The van der Waals surface area contributed by atoms with Gasteiger partial charge in [0, 0.05) is 5.56 Å². The monoisotopic (exact) mass is 268 g/mol. The minimum atomic E-state index is -0.660. The molecule has 5 nitrogen and oxygen atoms in total. The molecule has 1 aromatic carbocycles. The van der Waals surface area contributed by atoms with E-state index >= 15 is 0 Å². The fraction of sp³-hybridized carbons (Fsp3) is 0.111. The molecule has 1 aromatic rings. The zero-order chi connectivity index (χ0) is 11.6. The molecule has 0 saturated carbocycles. The molecule has 0 N–H and O–H groups in total. The summed E-state index contributed by atoms with van der Waals surface area (Å²) >= 11 is 2.96. The van der Waals surface area contributed by atoms with Crippen LogP contribution < -0.4 is 0 Å². The number of nitrogens with zero attached hydrogens (tertiary/aromatic N) is 2. The number of carbonyl (C=O) groups excluding carboxylic acids is 1. The molecule has 0 aromatic heterocycles. The van der Waals surface area contributed by atoms with Crippen molar-refractivity contribution in [3.05, 3.63) is 37.8 Å². The van der Waals surface area contributed by atoms with Gasteiger partial charge in [0.1, 0.15) is 11.6 Å². The van der Waals surface area contributed by atoms with E-state index in [0.717, 1.165) is 0 Å². The van der Waals surface area contributed by atoms with Crippen LogP contribution in [0.4, 0.5) is 5.69 Å². The lowest BCUT2D eigenvalue weighted by atomic mass is 10.1. The number of rotatable bonds is 2. The lowest BCUT2D eigenvalue weighted by Crippen LogP contribution is -1.98. The van der Waals surface area contributed by atoms with Gasteiger partial charge in [0.25, 0.3) is 0 Å². The van der Waals surface area contributed by atoms with Gasteiger partial charge in [0.15, 0.2) is 5.78 Å². The Morgan fingerprint density at radius 2 is 2.20 bits per heavy atom. The maximum atomic E-state index is 11.0. The summed E-state index contributed by atoms with van der Waals surface area (Å²) in [6.07, 6.45) is 0. The van der Waals surface area contributed by atoms with Gasteiger partial charge in [-0.3, -0.25) is 14.9 Å². The Morgan fingerprint density at radius 1 is 1.60 bits per heavy atom. The maximum absolute atomic E-state index is 11.0. The number of halogens is 1. The first-order valence-corrected chi connectivity index (χ1v) is 4.65. The third kappa shape index (κ3) is 2.19. The second-order valence-electron chi connectivity index (χ2n) is 2.78. The summed E-state index contributed by atoms with van der Waals surface area (Å²) in [6, 6.07) is 4.24. The summed E-state index contributed by atoms with van der Waals surface area (Å²) in [5.74, 6) is -0.248. The first-order chi connectivity index (χ1) is 6.97. The smallest absolute Gasteiger partial charge is 0.295 e. The van der Waals surface area contributed by atoms with E-state index in [-0.39, 0.29) is 27.1 Å². The van der Waals surface area contributed by atoms with Crippen molar-refractivity contribution < 1.29 is 9.72 Å². The van der Waals surface area contributed by atoms with Crippen LogP contribution in [0, 0.1) is 21.4 Å². The number of nitro benzene ring substituents is 1. The first kappa shape index (κ1) is 11.3. The summed E-state index contributed by atoms with van der Waals surface area (Å²) in [5, 5.41) is 19.3. The molecule has 0 spiro atoms. The van der Waals surface area contributed by atoms with Crippen molar-refractivity contribution in [2.45, 2.75) is 6.92 Å². The van der Waals surface area contributed by atoms with E-state index in [1.807, 2.05) is 0 Å². The van der Waals surface area contributed by atoms with Crippen LogP contribution in [0.15, 0.2) is 16.6 Å². The van der Waals surface area contributed by atoms with Crippen LogP contribution in [0.25, 0.3) is 0 Å². The fourth-order valence-corrected chi connectivity index (χ4v) is 1.68. The summed E-state index contributed by atoms with van der Waals surface area (Å²) in [5.41, 5.74) is -0.175. The normalized spacial score (nSPS) is 9.40. The van der Waals surface area contributed by atoms with Gasteiger partial charge in [-0.1, -0.05) is 0 Å². The van der Waals surface area contributed by atoms with Crippen molar-refractivity contribution in [3.8, 4) is 6.07 Å². The molecule has 0 heterocycles. The lowest BCUT2D eigenvalue weighted by molar-refractivity contribution is -0.386. The number of ketones is 1. The summed E-state index contributed by atoms with van der Waals surface area (Å²) in [7, 11) is 0. The Balaban J connectivity index is 3.53. The number of nitro groups is 1. The molecule has 1 rings (SSSR count). The second-order valence-corrected chi connectivity index (χ2v) is 3.63. The van der Waals surface area contributed by atoms with E-state index in [1.54, 1.807) is 6.07 Å². The zero-order valence-corrected chi connectivity index (χ0v) is 9.24. The molecule has 76 valence electrons. The highest BCUT2D eigenvalue weighted by Crippen LogP contribution is 2.30. The molecule has 15 heavy (non-hydrogen) atoms. The minimum Gasteiger partial charge on any atom is -0.295 e. The molecular weight excluding hydrogens is 264 g/mol. The van der Waals surface area contributed by atoms with Gasteiger partial charge in [-0.25, -0.2) is 0 Å². The number of nitriles is 1. The highest BCUT2D eigenvalue weighted by molar-refractivity contribution is 9.10. The Labute approximate surface area is 93.6 Å². The Kier molecular flexibility index (Phi) is 3.17. The molecule has 0 atom stereocenters. The quantitative estimate of drug-likeness (QED) is 0.469. The van der Waals surface area contributed by atoms with Crippen molar-refractivity contribution >= 4 is 27.4 Å². The fourth-order valence-electron chi connectivity index (χ4n) is 1.07. The third-order valence-electron chi connectivity index (χ3n) is 1.77. The molecule has 0 aliphatic rings. The molecule has 6 heteroatoms. The van der Waals surface area contributed by atoms with Gasteiger partial charge >= 0.3 is 5.69 Å². The summed E-state index contributed by atoms with van der Waals surface area (Å²) in [4.78, 5) is 21.0. The Morgan fingerprint density at radius 3 is 2.60 bits per heavy atom. The summed E-state index contributed by atoms with van der Waals surface area (Å²) < 4.78 is 0.136. The van der Waals surface area contributed by atoms with Gasteiger partial charge in [-0.05, 0) is 35.0 Å². The molecule has 0 fully saturated rings. The Bertz CT molecular complexity index is 491. The van der Waals surface area contributed by atoms with Crippen molar-refractivity contribution in [3.63, 3.8) is 0 Å². The molecule has 0 unspecified atom stereocenters. The van der Waals surface area contributed by atoms with Crippen molar-refractivity contribution in [2.75, 3.05) is 0 Å². The number of hydrogen-bond acceptors (Lipinski definition) is 4. The molecule has 0 aliphatic carbocycles. The van der Waals surface area contributed by atoms with Crippen LogP contribution in [-0.4, -0.2) is 10.7 Å². The molecule has 0 saturated heterocycles. The van der Waals surface area contributed by atoms with E-state index in [1.165, 1.54) is 19.1 Å². The Hall–Kier alpha value is -1.74. The minimum absolute atomic E-state index is 0.125. The molecule has 0 aliphatic heterocycles. The van der Waals surface area contributed by atoms with Crippen molar-refractivity contribution in [1.29, 1.82) is 5.26 Å². The number of Topliss-reactive ketones (excluding diaryl/α,β-unsaturated/α-hetero) is 1. The number of carbonyl (C=O) groups is 1. The van der Waals surface area contributed by atoms with Gasteiger partial charge in [0.05, 0.1) is 9.40 Å². The van der Waals surface area contributed by atoms with Gasteiger partial charge in [-0.15, -0.1) is 0 Å².